The second-order valence-corrected chi connectivity index (χ2v) is 7.15. The van der Waals surface area contributed by atoms with Crippen molar-refractivity contribution in [2.45, 2.75) is 49.7 Å². The van der Waals surface area contributed by atoms with Gasteiger partial charge in [-0.3, -0.25) is 9.59 Å². The minimum atomic E-state index is -1.11. The number of fused-ring (bicyclic) bond motifs is 3. The summed E-state index contributed by atoms with van der Waals surface area (Å²) < 4.78 is 0. The van der Waals surface area contributed by atoms with Crippen molar-refractivity contribution in [3.8, 4) is 0 Å². The van der Waals surface area contributed by atoms with E-state index < -0.39 is 24.0 Å². The predicted molar refractivity (Wildman–Crippen MR) is 88.2 cm³/mol. The number of nitrogens with one attached hydrogen (secondary N) is 2. The van der Waals surface area contributed by atoms with E-state index in [0.29, 0.717) is 5.69 Å². The molecule has 24 heavy (non-hydrogen) atoms. The molecule has 3 aliphatic carbocycles. The van der Waals surface area contributed by atoms with Crippen LogP contribution in [0.3, 0.4) is 0 Å². The van der Waals surface area contributed by atoms with Gasteiger partial charge >= 0.3 is 5.97 Å². The zero-order valence-electron chi connectivity index (χ0n) is 13.1. The van der Waals surface area contributed by atoms with Gasteiger partial charge in [-0.05, 0) is 44.6 Å². The maximum atomic E-state index is 12.2. The summed E-state index contributed by atoms with van der Waals surface area (Å²) in [5.74, 6) is -1.62. The maximum absolute atomic E-state index is 12.2. The van der Waals surface area contributed by atoms with Crippen LogP contribution in [0.5, 0.6) is 0 Å². The Hall–Kier alpha value is -1.86. The molecule has 8 heteroatoms. The molecule has 0 aromatic carbocycles. The molecule has 3 saturated carbocycles. The normalized spacial score (nSPS) is 28.4. The number of hydrogen-bond donors (Lipinski definition) is 4. The van der Waals surface area contributed by atoms with E-state index in [1.807, 2.05) is 0 Å². The highest BCUT2D eigenvalue weighted by atomic mass is 35.5. The summed E-state index contributed by atoms with van der Waals surface area (Å²) in [6, 6.07) is 1.58. The summed E-state index contributed by atoms with van der Waals surface area (Å²) >= 11 is 5.97. The molecule has 1 aromatic heterocycles. The van der Waals surface area contributed by atoms with Gasteiger partial charge in [0.25, 0.3) is 5.91 Å². The summed E-state index contributed by atoms with van der Waals surface area (Å²) in [7, 11) is 0. The quantitative estimate of drug-likeness (QED) is 0.601. The van der Waals surface area contributed by atoms with Gasteiger partial charge in [0.1, 0.15) is 11.7 Å². The Bertz CT molecular complexity index is 655. The van der Waals surface area contributed by atoms with E-state index in [0.717, 1.165) is 38.5 Å². The predicted octanol–water partition coefficient (Wildman–Crippen LogP) is 1.80. The lowest BCUT2D eigenvalue weighted by molar-refractivity contribution is -0.135. The summed E-state index contributed by atoms with van der Waals surface area (Å²) in [5, 5.41) is 25.1. The molecule has 0 saturated heterocycles. The molecule has 0 aliphatic heterocycles. The number of pyridine rings is 1. The number of carbonyl (C=O) groups is 2. The number of rotatable bonds is 5. The van der Waals surface area contributed by atoms with Gasteiger partial charge < -0.3 is 20.8 Å². The zero-order valence-corrected chi connectivity index (χ0v) is 13.9. The maximum Gasteiger partial charge on any atom is 0.322 e. The third-order valence-corrected chi connectivity index (χ3v) is 5.33. The molecular formula is C16H20ClN3O4. The highest BCUT2D eigenvalue weighted by Crippen LogP contribution is 2.48. The van der Waals surface area contributed by atoms with Crippen LogP contribution in [0.4, 0.5) is 5.69 Å². The van der Waals surface area contributed by atoms with Crippen molar-refractivity contribution in [3.63, 3.8) is 0 Å². The molecule has 3 aliphatic rings. The molecule has 0 spiro atoms. The Morgan fingerprint density at radius 1 is 1.21 bits per heavy atom. The van der Waals surface area contributed by atoms with Crippen molar-refractivity contribution >= 4 is 29.2 Å². The molecule has 130 valence electrons. The lowest BCUT2D eigenvalue weighted by Gasteiger charge is -2.51. The van der Waals surface area contributed by atoms with Crippen molar-refractivity contribution < 1.29 is 19.8 Å². The van der Waals surface area contributed by atoms with Gasteiger partial charge in [-0.2, -0.15) is 0 Å². The first-order valence-electron chi connectivity index (χ1n) is 7.97. The third-order valence-electron chi connectivity index (χ3n) is 5.12. The van der Waals surface area contributed by atoms with Gasteiger partial charge in [-0.15, -0.1) is 0 Å². The molecule has 4 N–H and O–H groups in total. The summed E-state index contributed by atoms with van der Waals surface area (Å²) in [5.41, 5.74) is 0.101. The molecule has 1 aromatic rings. The van der Waals surface area contributed by atoms with Crippen LogP contribution in [0.2, 0.25) is 5.15 Å². The number of halogens is 1. The minimum absolute atomic E-state index is 0.170. The first-order chi connectivity index (χ1) is 11.3. The van der Waals surface area contributed by atoms with E-state index in [-0.39, 0.29) is 16.3 Å². The van der Waals surface area contributed by atoms with Crippen LogP contribution in [0.1, 0.15) is 48.9 Å². The van der Waals surface area contributed by atoms with Crippen molar-refractivity contribution in [3.05, 3.63) is 23.0 Å². The van der Waals surface area contributed by atoms with Gasteiger partial charge in [-0.1, -0.05) is 11.6 Å². The second kappa shape index (κ2) is 6.22. The first kappa shape index (κ1) is 17.0. The van der Waals surface area contributed by atoms with Crippen LogP contribution < -0.4 is 10.6 Å². The number of anilines is 1. The minimum Gasteiger partial charge on any atom is -0.480 e. The number of carbonyl (C=O) groups excluding carboxylic acids is 1. The summed E-state index contributed by atoms with van der Waals surface area (Å²) in [4.78, 5) is 26.8. The molecule has 1 heterocycles. The van der Waals surface area contributed by atoms with E-state index in [1.165, 1.54) is 6.20 Å². The fourth-order valence-electron chi connectivity index (χ4n) is 3.60. The number of aliphatic hydroxyl groups is 1. The van der Waals surface area contributed by atoms with Crippen LogP contribution in [-0.4, -0.2) is 44.8 Å². The number of aromatic nitrogens is 1. The highest BCUT2D eigenvalue weighted by molar-refractivity contribution is 6.29. The molecule has 7 nitrogen and oxygen atoms in total. The van der Waals surface area contributed by atoms with E-state index in [1.54, 1.807) is 6.07 Å². The average Bonchev–Trinajstić information content (AvgIpc) is 2.54. The monoisotopic (exact) mass is 353 g/mol. The van der Waals surface area contributed by atoms with E-state index in [2.05, 4.69) is 15.6 Å². The third kappa shape index (κ3) is 3.47. The van der Waals surface area contributed by atoms with Crippen LogP contribution >= 0.6 is 11.6 Å². The van der Waals surface area contributed by atoms with Crippen LogP contribution in [0, 0.1) is 0 Å². The molecule has 4 rings (SSSR count). The molecule has 0 atom stereocenters. The number of amides is 1. The van der Waals surface area contributed by atoms with Crippen LogP contribution in [-0.2, 0) is 4.79 Å². The van der Waals surface area contributed by atoms with Crippen molar-refractivity contribution in [2.75, 3.05) is 11.9 Å². The fourth-order valence-corrected chi connectivity index (χ4v) is 3.76. The van der Waals surface area contributed by atoms with E-state index in [9.17, 15) is 14.7 Å². The molecular weight excluding hydrogens is 334 g/mol. The molecule has 1 amide bonds. The number of aliphatic carboxylic acids is 1. The van der Waals surface area contributed by atoms with E-state index >= 15 is 0 Å². The number of carboxylic acids is 1. The van der Waals surface area contributed by atoms with Gasteiger partial charge in [0.15, 0.2) is 0 Å². The van der Waals surface area contributed by atoms with Crippen LogP contribution in [0.25, 0.3) is 0 Å². The molecule has 0 radical (unpaired) electrons. The van der Waals surface area contributed by atoms with Crippen molar-refractivity contribution in [1.82, 2.24) is 10.3 Å². The van der Waals surface area contributed by atoms with E-state index in [4.69, 9.17) is 16.7 Å². The second-order valence-electron chi connectivity index (χ2n) is 6.76. The molecule has 2 bridgehead atoms. The number of nitrogens with zero attached hydrogens (tertiary/aromatic N) is 1. The molecule has 0 unspecified atom stereocenters. The smallest absolute Gasteiger partial charge is 0.322 e. The lowest BCUT2D eigenvalue weighted by atomic mass is 9.63. The van der Waals surface area contributed by atoms with Gasteiger partial charge in [0.2, 0.25) is 0 Å². The van der Waals surface area contributed by atoms with Crippen molar-refractivity contribution in [2.24, 2.45) is 0 Å². The topological polar surface area (TPSA) is 112 Å². The Morgan fingerprint density at radius 2 is 1.83 bits per heavy atom. The molecule has 3 fully saturated rings. The lowest BCUT2D eigenvalue weighted by Crippen LogP contribution is -2.54. The number of carboxylic acid groups (broad SMARTS) is 1. The Balaban J connectivity index is 1.81. The van der Waals surface area contributed by atoms with Crippen LogP contribution in [0.15, 0.2) is 12.3 Å². The largest absolute Gasteiger partial charge is 0.480 e. The first-order valence-corrected chi connectivity index (χ1v) is 8.35. The van der Waals surface area contributed by atoms with Gasteiger partial charge in [0.05, 0.1) is 16.9 Å². The standard InChI is InChI=1S/C16H20ClN3O4/c17-12-7-11(10(8-18-12)14(23)19-9-13(21)22)20-15-1-4-16(24,5-2-15)6-3-15/h7-8,24H,1-6,9H2,(H,18,20)(H,19,23)(H,21,22). The van der Waals surface area contributed by atoms with Gasteiger partial charge in [-0.25, -0.2) is 4.98 Å². The SMILES string of the molecule is O=C(O)CNC(=O)c1cnc(Cl)cc1NC12CCC(O)(CC1)CC2. The summed E-state index contributed by atoms with van der Waals surface area (Å²) in [6.45, 7) is -0.459. The van der Waals surface area contributed by atoms with Crippen molar-refractivity contribution in [1.29, 1.82) is 0 Å². The summed E-state index contributed by atoms with van der Waals surface area (Å²) in [6.07, 6.45) is 6.01. The average molecular weight is 354 g/mol. The highest BCUT2D eigenvalue weighted by Gasteiger charge is 2.47. The fraction of sp³-hybridized carbons (Fsp3) is 0.562. The Morgan fingerprint density at radius 3 is 2.42 bits per heavy atom. The number of hydrogen-bond acceptors (Lipinski definition) is 5. The zero-order chi connectivity index (χ0) is 17.4. The van der Waals surface area contributed by atoms with Gasteiger partial charge in [0, 0.05) is 11.7 Å². The Labute approximate surface area is 144 Å². The Kier molecular flexibility index (Phi) is 4.40.